The Morgan fingerprint density at radius 2 is 0.964 bits per heavy atom. The van der Waals surface area contributed by atoms with Gasteiger partial charge >= 0.3 is 17.9 Å². The van der Waals surface area contributed by atoms with Gasteiger partial charge in [-0.3, -0.25) is 14.4 Å². The maximum absolute atomic E-state index is 12.8. The first-order valence-electron chi connectivity index (χ1n) is 19.3. The number of allylic oxidation sites excluding steroid dienone is 2. The number of rotatable bonds is 28. The molecule has 0 aliphatic carbocycles. The van der Waals surface area contributed by atoms with Crippen LogP contribution < -0.4 is 11.5 Å². The van der Waals surface area contributed by atoms with E-state index >= 15 is 0 Å². The standard InChI is InChI=1S/C41H56I6N2O6/c1-2-3-4-5-6-7-8-9-10-11-12-13-14-15-16-21-37(52)55-28(26-53-35(50)22-17-19-29-31(42)24-33(44)40(48)38(29)46)27-54-36(51)23-18-20-30-32(43)25-34(45)41(49)39(30)47/h9-10,24-25,28H,2-8,11-23,26-27,48-49H2,1H3. The van der Waals surface area contributed by atoms with Crippen molar-refractivity contribution in [2.24, 2.45) is 0 Å². The predicted molar refractivity (Wildman–Crippen MR) is 275 cm³/mol. The van der Waals surface area contributed by atoms with E-state index in [9.17, 15) is 14.4 Å². The molecule has 14 heteroatoms. The van der Waals surface area contributed by atoms with Gasteiger partial charge < -0.3 is 25.7 Å². The van der Waals surface area contributed by atoms with Crippen molar-refractivity contribution in [1.82, 2.24) is 0 Å². The van der Waals surface area contributed by atoms with E-state index in [0.29, 0.717) is 25.7 Å². The van der Waals surface area contributed by atoms with Gasteiger partial charge in [-0.15, -0.1) is 0 Å². The van der Waals surface area contributed by atoms with E-state index in [-0.39, 0.29) is 38.4 Å². The Morgan fingerprint density at radius 3 is 1.42 bits per heavy atom. The molecule has 55 heavy (non-hydrogen) atoms. The number of hydrogen-bond donors (Lipinski definition) is 2. The Labute approximate surface area is 410 Å². The highest BCUT2D eigenvalue weighted by Gasteiger charge is 2.21. The van der Waals surface area contributed by atoms with Gasteiger partial charge in [0, 0.05) is 40.7 Å². The minimum Gasteiger partial charge on any atom is -0.462 e. The highest BCUT2D eigenvalue weighted by atomic mass is 127. The molecule has 308 valence electrons. The maximum atomic E-state index is 12.8. The van der Waals surface area contributed by atoms with Gasteiger partial charge in [-0.05, 0) is 217 Å². The lowest BCUT2D eigenvalue weighted by atomic mass is 10.1. The van der Waals surface area contributed by atoms with E-state index in [0.717, 1.165) is 82.4 Å². The van der Waals surface area contributed by atoms with Gasteiger partial charge in [0.1, 0.15) is 13.2 Å². The van der Waals surface area contributed by atoms with Crippen molar-refractivity contribution in [3.8, 4) is 0 Å². The van der Waals surface area contributed by atoms with Gasteiger partial charge in [-0.2, -0.15) is 0 Å². The van der Waals surface area contributed by atoms with Gasteiger partial charge in [0.2, 0.25) is 0 Å². The fourth-order valence-corrected chi connectivity index (χ4v) is 13.6. The Hall–Kier alpha value is 0.570. The summed E-state index contributed by atoms with van der Waals surface area (Å²) in [5.41, 5.74) is 16.2. The maximum Gasteiger partial charge on any atom is 0.306 e. The quantitative estimate of drug-likeness (QED) is 0.0215. The molecule has 0 bridgehead atoms. The molecule has 0 spiro atoms. The van der Waals surface area contributed by atoms with Crippen molar-refractivity contribution < 1.29 is 28.6 Å². The summed E-state index contributed by atoms with van der Waals surface area (Å²) in [5, 5.41) is 0. The van der Waals surface area contributed by atoms with Gasteiger partial charge in [0.05, 0.1) is 11.4 Å². The Bertz CT molecular complexity index is 1450. The number of benzene rings is 2. The number of halogens is 6. The molecular weight excluding hydrogens is 1380 g/mol. The summed E-state index contributed by atoms with van der Waals surface area (Å²) in [5.74, 6) is -1.17. The number of esters is 3. The summed E-state index contributed by atoms with van der Waals surface area (Å²) in [7, 11) is 0. The molecule has 2 aromatic rings. The third-order valence-electron chi connectivity index (χ3n) is 9.02. The number of nitrogens with two attached hydrogens (primary N) is 2. The number of nitrogen functional groups attached to an aromatic ring is 2. The van der Waals surface area contributed by atoms with E-state index in [1.807, 2.05) is 12.1 Å². The molecule has 0 saturated carbocycles. The topological polar surface area (TPSA) is 131 Å². The zero-order valence-corrected chi connectivity index (χ0v) is 44.8. The van der Waals surface area contributed by atoms with E-state index in [1.165, 1.54) is 44.9 Å². The summed E-state index contributed by atoms with van der Waals surface area (Å²) in [6.45, 7) is 1.91. The normalized spacial score (nSPS) is 11.4. The summed E-state index contributed by atoms with van der Waals surface area (Å²) in [4.78, 5) is 38.3. The number of carbonyl (C=O) groups is 3. The van der Waals surface area contributed by atoms with Crippen LogP contribution in [0.2, 0.25) is 0 Å². The van der Waals surface area contributed by atoms with Gasteiger partial charge in [0.25, 0.3) is 0 Å². The summed E-state index contributed by atoms with van der Waals surface area (Å²) < 4.78 is 23.0. The number of anilines is 2. The molecule has 0 fully saturated rings. The average molecular weight is 1430 g/mol. The molecule has 0 aliphatic rings. The summed E-state index contributed by atoms with van der Waals surface area (Å²) >= 11 is 13.6. The van der Waals surface area contributed by atoms with Crippen LogP contribution in [0.5, 0.6) is 0 Å². The van der Waals surface area contributed by atoms with Crippen molar-refractivity contribution in [3.63, 3.8) is 0 Å². The van der Waals surface area contributed by atoms with Crippen LogP contribution in [0.1, 0.15) is 134 Å². The smallest absolute Gasteiger partial charge is 0.306 e. The molecule has 0 aliphatic heterocycles. The SMILES string of the molecule is CCCCCCCCC=CCCCCCCCC(=O)OC(COC(=O)CCCc1c(I)cc(I)c(N)c1I)COC(=O)CCCc1c(I)cc(I)c(N)c1I. The highest BCUT2D eigenvalue weighted by molar-refractivity contribution is 14.1. The largest absolute Gasteiger partial charge is 0.462 e. The van der Waals surface area contributed by atoms with Crippen LogP contribution in [0, 0.1) is 21.4 Å². The predicted octanol–water partition coefficient (Wildman–Crippen LogP) is 12.9. The highest BCUT2D eigenvalue weighted by Crippen LogP contribution is 2.32. The van der Waals surface area contributed by atoms with Crippen molar-refractivity contribution in [2.45, 2.75) is 141 Å². The van der Waals surface area contributed by atoms with Gasteiger partial charge in [0.15, 0.2) is 6.10 Å². The molecule has 2 rings (SSSR count). The third-order valence-corrected chi connectivity index (χ3v) is 15.2. The van der Waals surface area contributed by atoms with Crippen LogP contribution in [0.15, 0.2) is 24.3 Å². The molecule has 0 atom stereocenters. The summed E-state index contributed by atoms with van der Waals surface area (Å²) in [6.07, 6.45) is 22.3. The van der Waals surface area contributed by atoms with Crippen LogP contribution in [-0.4, -0.2) is 37.2 Å². The van der Waals surface area contributed by atoms with Crippen LogP contribution >= 0.6 is 136 Å². The number of hydrogen-bond acceptors (Lipinski definition) is 8. The lowest BCUT2D eigenvalue weighted by Crippen LogP contribution is -2.31. The first kappa shape index (κ1) is 51.7. The molecule has 0 radical (unpaired) electrons. The molecule has 2 aromatic carbocycles. The third kappa shape index (κ3) is 21.6. The fourth-order valence-electron chi connectivity index (χ4n) is 5.79. The molecule has 4 N–H and O–H groups in total. The lowest BCUT2D eigenvalue weighted by Gasteiger charge is -2.18. The van der Waals surface area contributed by atoms with Crippen molar-refractivity contribution in [3.05, 3.63) is 56.8 Å². The van der Waals surface area contributed by atoms with Crippen LogP contribution in [0.3, 0.4) is 0 Å². The Morgan fingerprint density at radius 1 is 0.564 bits per heavy atom. The lowest BCUT2D eigenvalue weighted by molar-refractivity contribution is -0.167. The van der Waals surface area contributed by atoms with Crippen LogP contribution in [-0.2, 0) is 41.4 Å². The van der Waals surface area contributed by atoms with Crippen molar-refractivity contribution in [1.29, 1.82) is 0 Å². The second kappa shape index (κ2) is 30.6. The first-order valence-corrected chi connectivity index (χ1v) is 25.8. The second-order valence-corrected chi connectivity index (χ2v) is 20.4. The molecule has 0 heterocycles. The first-order chi connectivity index (χ1) is 26.3. The van der Waals surface area contributed by atoms with E-state index in [4.69, 9.17) is 25.7 Å². The molecule has 0 unspecified atom stereocenters. The fraction of sp³-hybridized carbons (Fsp3) is 0.585. The molecule has 0 saturated heterocycles. The monoisotopic (exact) mass is 1430 g/mol. The average Bonchev–Trinajstić information content (AvgIpc) is 3.15. The minimum absolute atomic E-state index is 0.173. The van der Waals surface area contributed by atoms with E-state index < -0.39 is 18.0 Å². The Kier molecular flexibility index (Phi) is 28.7. The zero-order chi connectivity index (χ0) is 40.6. The zero-order valence-electron chi connectivity index (χ0n) is 31.8. The molecular formula is C41H56I6N2O6. The number of carbonyl (C=O) groups excluding carboxylic acids is 3. The minimum atomic E-state index is -0.876. The van der Waals surface area contributed by atoms with Crippen LogP contribution in [0.4, 0.5) is 11.4 Å². The Balaban J connectivity index is 1.79. The van der Waals surface area contributed by atoms with Crippen molar-refractivity contribution >= 4 is 165 Å². The molecule has 0 amide bonds. The second-order valence-electron chi connectivity index (χ2n) is 13.6. The van der Waals surface area contributed by atoms with Crippen molar-refractivity contribution in [2.75, 3.05) is 24.7 Å². The molecule has 8 nitrogen and oxygen atoms in total. The molecule has 0 aromatic heterocycles. The van der Waals surface area contributed by atoms with Gasteiger partial charge in [-0.1, -0.05) is 70.4 Å². The number of ether oxygens (including phenoxy) is 3. The van der Waals surface area contributed by atoms with E-state index in [1.54, 1.807) is 0 Å². The van der Waals surface area contributed by atoms with Gasteiger partial charge in [-0.25, -0.2) is 0 Å². The number of unbranched alkanes of at least 4 members (excludes halogenated alkanes) is 11. The van der Waals surface area contributed by atoms with Crippen LogP contribution in [0.25, 0.3) is 0 Å². The van der Waals surface area contributed by atoms with E-state index in [2.05, 4.69) is 155 Å². The summed E-state index contributed by atoms with van der Waals surface area (Å²) in [6, 6.07) is 4.09.